The molecule has 1 heteroatoms. The van der Waals surface area contributed by atoms with Crippen molar-refractivity contribution < 1.29 is 0 Å². The molecular weight excluding hydrogens is 196 g/mol. The minimum absolute atomic E-state index is 0.161. The summed E-state index contributed by atoms with van der Waals surface area (Å²) >= 11 is 0. The molecule has 4 aliphatic carbocycles. The first-order chi connectivity index (χ1) is 7.84. The molecule has 0 aromatic heterocycles. The summed E-state index contributed by atoms with van der Waals surface area (Å²) in [5.74, 6) is 0. The van der Waals surface area contributed by atoms with Crippen molar-refractivity contribution in [2.45, 2.75) is 0 Å². The Hall–Kier alpha value is -2.15. The van der Waals surface area contributed by atoms with Gasteiger partial charge in [0.1, 0.15) is 0 Å². The molecule has 0 spiro atoms. The lowest BCUT2D eigenvalue weighted by Gasteiger charge is -1.96. The Balaban J connectivity index is 2.42. The summed E-state index contributed by atoms with van der Waals surface area (Å²) < 4.78 is 0. The topological polar surface area (TPSA) is 17.1 Å². The van der Waals surface area contributed by atoms with Gasteiger partial charge in [0.05, 0.1) is 0 Å². The summed E-state index contributed by atoms with van der Waals surface area (Å²) in [5, 5.41) is 1.94. The Morgan fingerprint density at radius 2 is 1.31 bits per heavy atom. The largest absolute Gasteiger partial charge is 0.289 e. The molecule has 0 aromatic carbocycles. The molecule has 0 fully saturated rings. The first-order valence-corrected chi connectivity index (χ1v) is 5.35. The third kappa shape index (κ3) is 0.797. The number of fused-ring (bicyclic) bond motifs is 3. The lowest BCUT2D eigenvalue weighted by atomic mass is 10.1. The summed E-state index contributed by atoms with van der Waals surface area (Å²) in [6, 6.07) is 16.1. The van der Waals surface area contributed by atoms with Crippen molar-refractivity contribution >= 4 is 0 Å². The smallest absolute Gasteiger partial charge is 0.194 e. The lowest BCUT2D eigenvalue weighted by Crippen LogP contribution is -2.04. The van der Waals surface area contributed by atoms with Crippen molar-refractivity contribution in [3.05, 3.63) is 69.2 Å². The van der Waals surface area contributed by atoms with Gasteiger partial charge in [-0.1, -0.05) is 36.4 Å². The fourth-order valence-corrected chi connectivity index (χ4v) is 2.59. The van der Waals surface area contributed by atoms with E-state index in [1.807, 2.05) is 30.3 Å². The van der Waals surface area contributed by atoms with Gasteiger partial charge < -0.3 is 0 Å². The molecule has 16 heavy (non-hydrogen) atoms. The first-order valence-electron chi connectivity index (χ1n) is 5.35. The predicted molar refractivity (Wildman–Crippen MR) is 63.6 cm³/mol. The summed E-state index contributed by atoms with van der Waals surface area (Å²) in [5.41, 5.74) is 4.40. The minimum Gasteiger partial charge on any atom is -0.289 e. The number of hydrogen-bond acceptors (Lipinski definition) is 1. The molecule has 0 amide bonds. The van der Waals surface area contributed by atoms with Crippen molar-refractivity contribution in [3.8, 4) is 22.3 Å². The molecular formula is C15H8O. The van der Waals surface area contributed by atoms with Crippen LogP contribution < -0.4 is 5.43 Å². The highest BCUT2D eigenvalue weighted by molar-refractivity contribution is 5.75. The van der Waals surface area contributed by atoms with Crippen LogP contribution in [0.15, 0.2) is 53.3 Å². The average Bonchev–Trinajstić information content (AvgIpc) is 2.93. The normalized spacial score (nSPS) is 12.0. The molecule has 1 nitrogen and oxygen atoms in total. The molecule has 0 saturated carbocycles. The van der Waals surface area contributed by atoms with Gasteiger partial charge in [-0.25, -0.2) is 0 Å². The fourth-order valence-electron chi connectivity index (χ4n) is 2.59. The van der Waals surface area contributed by atoms with Gasteiger partial charge in [0.2, 0.25) is 0 Å². The van der Waals surface area contributed by atoms with Crippen LogP contribution in [-0.2, 0) is 0 Å². The Morgan fingerprint density at radius 1 is 0.688 bits per heavy atom. The van der Waals surface area contributed by atoms with Gasteiger partial charge in [-0.05, 0) is 34.0 Å². The molecule has 0 heterocycles. The Bertz CT molecular complexity index is 817. The van der Waals surface area contributed by atoms with E-state index in [0.717, 1.165) is 21.6 Å². The van der Waals surface area contributed by atoms with Gasteiger partial charge in [-0.2, -0.15) is 0 Å². The van der Waals surface area contributed by atoms with Crippen molar-refractivity contribution in [1.29, 1.82) is 0 Å². The highest BCUT2D eigenvalue weighted by Crippen LogP contribution is 2.29. The molecule has 74 valence electrons. The van der Waals surface area contributed by atoms with Gasteiger partial charge in [-0.3, -0.25) is 4.79 Å². The molecule has 0 radical (unpaired) electrons. The third-order valence-corrected chi connectivity index (χ3v) is 3.37. The van der Waals surface area contributed by atoms with E-state index in [-0.39, 0.29) is 5.43 Å². The molecule has 0 aliphatic heterocycles. The van der Waals surface area contributed by atoms with Gasteiger partial charge in [0.25, 0.3) is 0 Å². The number of hydrogen-bond donors (Lipinski definition) is 0. The van der Waals surface area contributed by atoms with Crippen LogP contribution in [0, 0.1) is 10.4 Å². The minimum atomic E-state index is 0.161. The van der Waals surface area contributed by atoms with E-state index in [9.17, 15) is 4.79 Å². The second-order valence-electron chi connectivity index (χ2n) is 4.23. The highest BCUT2D eigenvalue weighted by Gasteiger charge is 2.14. The van der Waals surface area contributed by atoms with E-state index in [0.29, 0.717) is 0 Å². The second kappa shape index (κ2) is 2.50. The highest BCUT2D eigenvalue weighted by atomic mass is 16.1. The zero-order chi connectivity index (χ0) is 10.7. The zero-order valence-electron chi connectivity index (χ0n) is 8.53. The first kappa shape index (κ1) is 8.05. The predicted octanol–water partition coefficient (Wildman–Crippen LogP) is 2.86. The monoisotopic (exact) mass is 204 g/mol. The van der Waals surface area contributed by atoms with Crippen LogP contribution in [0.4, 0.5) is 0 Å². The maximum Gasteiger partial charge on any atom is 0.194 e. The maximum atomic E-state index is 12.2. The molecule has 0 saturated heterocycles. The average molecular weight is 204 g/mol. The summed E-state index contributed by atoms with van der Waals surface area (Å²) in [6.07, 6.45) is 0. The quantitative estimate of drug-likeness (QED) is 0.430. The molecule has 0 unspecified atom stereocenters. The molecule has 0 atom stereocenters. The van der Waals surface area contributed by atoms with Crippen LogP contribution in [0.3, 0.4) is 0 Å². The van der Waals surface area contributed by atoms with Gasteiger partial charge in [0, 0.05) is 10.8 Å². The van der Waals surface area contributed by atoms with E-state index in [1.54, 1.807) is 0 Å². The van der Waals surface area contributed by atoms with Gasteiger partial charge in [0.15, 0.2) is 5.43 Å². The van der Waals surface area contributed by atoms with E-state index >= 15 is 0 Å². The van der Waals surface area contributed by atoms with Crippen LogP contribution in [0.25, 0.3) is 22.3 Å². The number of rotatable bonds is 0. The van der Waals surface area contributed by atoms with Gasteiger partial charge >= 0.3 is 0 Å². The Labute approximate surface area is 92.0 Å². The zero-order valence-corrected chi connectivity index (χ0v) is 8.53. The van der Waals surface area contributed by atoms with E-state index in [2.05, 4.69) is 18.2 Å². The summed E-state index contributed by atoms with van der Waals surface area (Å²) in [4.78, 5) is 12.2. The van der Waals surface area contributed by atoms with E-state index < -0.39 is 0 Å². The Kier molecular flexibility index (Phi) is 1.26. The fraction of sp³-hybridized carbons (Fsp3) is 0. The Morgan fingerprint density at radius 3 is 2.12 bits per heavy atom. The SMILES string of the molecule is O=c1c2cccc-2cc2c3cccc-3cc1=2. The molecule has 4 rings (SSSR count). The molecule has 0 aromatic rings. The van der Waals surface area contributed by atoms with Crippen molar-refractivity contribution in [2.24, 2.45) is 0 Å². The van der Waals surface area contributed by atoms with Crippen LogP contribution in [-0.4, -0.2) is 0 Å². The summed E-state index contributed by atoms with van der Waals surface area (Å²) in [7, 11) is 0. The van der Waals surface area contributed by atoms with Crippen LogP contribution >= 0.6 is 0 Å². The molecule has 0 bridgehead atoms. The lowest BCUT2D eigenvalue weighted by molar-refractivity contribution is 1.48. The second-order valence-corrected chi connectivity index (χ2v) is 4.23. The third-order valence-electron chi connectivity index (χ3n) is 3.37. The van der Waals surface area contributed by atoms with Crippen molar-refractivity contribution in [2.75, 3.05) is 0 Å². The standard InChI is InChI=1S/C15H8O/c16-15-12-6-2-4-10(12)7-13-11-5-1-3-9(11)8-14(13)15/h1-8H. The van der Waals surface area contributed by atoms with Crippen LogP contribution in [0.2, 0.25) is 0 Å². The maximum absolute atomic E-state index is 12.2. The van der Waals surface area contributed by atoms with E-state index in [4.69, 9.17) is 0 Å². The van der Waals surface area contributed by atoms with Crippen molar-refractivity contribution in [1.82, 2.24) is 0 Å². The van der Waals surface area contributed by atoms with Crippen LogP contribution in [0.5, 0.6) is 0 Å². The molecule has 4 aliphatic rings. The molecule has 0 N–H and O–H groups in total. The van der Waals surface area contributed by atoms with Gasteiger partial charge in [-0.15, -0.1) is 0 Å². The van der Waals surface area contributed by atoms with Crippen molar-refractivity contribution in [3.63, 3.8) is 0 Å². The van der Waals surface area contributed by atoms with Crippen LogP contribution in [0.1, 0.15) is 0 Å². The van der Waals surface area contributed by atoms with E-state index in [1.165, 1.54) is 11.1 Å². The summed E-state index contributed by atoms with van der Waals surface area (Å²) in [6.45, 7) is 0.